The highest BCUT2D eigenvalue weighted by molar-refractivity contribution is 4.88. The van der Waals surface area contributed by atoms with Crippen LogP contribution in [0.2, 0.25) is 0 Å². The van der Waals surface area contributed by atoms with Crippen LogP contribution in [-0.4, -0.2) is 36.1 Å². The lowest BCUT2D eigenvalue weighted by Crippen LogP contribution is -2.49. The molecule has 1 heterocycles. The molecule has 84 valence electrons. The van der Waals surface area contributed by atoms with Crippen molar-refractivity contribution in [3.8, 4) is 0 Å². The molecule has 0 radical (unpaired) electrons. The van der Waals surface area contributed by atoms with Gasteiger partial charge in [-0.25, -0.2) is 0 Å². The highest BCUT2D eigenvalue weighted by atomic mass is 15.2. The molecule has 0 spiro atoms. The zero-order valence-electron chi connectivity index (χ0n) is 10.4. The Morgan fingerprint density at radius 1 is 1.43 bits per heavy atom. The first-order valence-corrected chi connectivity index (χ1v) is 5.89. The Morgan fingerprint density at radius 2 is 2.07 bits per heavy atom. The van der Waals surface area contributed by atoms with Crippen molar-refractivity contribution in [3.05, 3.63) is 0 Å². The molecule has 14 heavy (non-hydrogen) atoms. The summed E-state index contributed by atoms with van der Waals surface area (Å²) in [6, 6.07) is 0.655. The number of nitrogens with zero attached hydrogens (tertiary/aromatic N) is 1. The van der Waals surface area contributed by atoms with Crippen molar-refractivity contribution in [1.29, 1.82) is 0 Å². The molecule has 1 aliphatic rings. The molecule has 0 bridgehead atoms. The third kappa shape index (κ3) is 3.97. The lowest BCUT2D eigenvalue weighted by atomic mass is 10.0. The van der Waals surface area contributed by atoms with Gasteiger partial charge in [0.2, 0.25) is 0 Å². The molecule has 1 unspecified atom stereocenters. The van der Waals surface area contributed by atoms with Crippen molar-refractivity contribution in [3.63, 3.8) is 0 Å². The summed E-state index contributed by atoms with van der Waals surface area (Å²) in [5, 5.41) is 3.68. The third-order valence-electron chi connectivity index (χ3n) is 2.76. The summed E-state index contributed by atoms with van der Waals surface area (Å²) in [6.45, 7) is 15.2. The molecular formula is C12H26N2. The standard InChI is InChI=1S/C12H26N2/c1-10(2)8-14-7-6-11(3)13-12(4,5)9-14/h10-11,13H,6-9H2,1-5H3. The van der Waals surface area contributed by atoms with Crippen LogP contribution in [0.4, 0.5) is 0 Å². The molecule has 1 N–H and O–H groups in total. The first-order valence-electron chi connectivity index (χ1n) is 5.89. The molecule has 0 aliphatic carbocycles. The van der Waals surface area contributed by atoms with Gasteiger partial charge < -0.3 is 10.2 Å². The Bertz CT molecular complexity index is 175. The van der Waals surface area contributed by atoms with Gasteiger partial charge in [0.05, 0.1) is 0 Å². The van der Waals surface area contributed by atoms with Gasteiger partial charge in [-0.15, -0.1) is 0 Å². The molecule has 0 aromatic rings. The summed E-state index contributed by atoms with van der Waals surface area (Å²) in [4.78, 5) is 2.60. The van der Waals surface area contributed by atoms with Gasteiger partial charge in [-0.2, -0.15) is 0 Å². The fourth-order valence-electron chi connectivity index (χ4n) is 2.47. The number of nitrogens with one attached hydrogen (secondary N) is 1. The fourth-order valence-corrected chi connectivity index (χ4v) is 2.47. The lowest BCUT2D eigenvalue weighted by Gasteiger charge is -2.31. The van der Waals surface area contributed by atoms with Crippen LogP contribution in [0.3, 0.4) is 0 Å². The van der Waals surface area contributed by atoms with Gasteiger partial charge in [0, 0.05) is 24.7 Å². The van der Waals surface area contributed by atoms with Crippen molar-refractivity contribution < 1.29 is 0 Å². The average Bonchev–Trinajstić information content (AvgIpc) is 2.07. The van der Waals surface area contributed by atoms with E-state index in [0.717, 1.165) is 5.92 Å². The zero-order valence-corrected chi connectivity index (χ0v) is 10.4. The van der Waals surface area contributed by atoms with E-state index in [9.17, 15) is 0 Å². The summed E-state index contributed by atoms with van der Waals surface area (Å²) in [6.07, 6.45) is 1.27. The molecule has 0 saturated carbocycles. The molecule has 0 aromatic carbocycles. The van der Waals surface area contributed by atoms with Gasteiger partial charge in [-0.3, -0.25) is 0 Å². The van der Waals surface area contributed by atoms with Crippen LogP contribution in [-0.2, 0) is 0 Å². The predicted octanol–water partition coefficient (Wildman–Crippen LogP) is 2.10. The Hall–Kier alpha value is -0.0800. The normalized spacial score (nSPS) is 29.1. The number of hydrogen-bond acceptors (Lipinski definition) is 2. The third-order valence-corrected chi connectivity index (χ3v) is 2.76. The topological polar surface area (TPSA) is 15.3 Å². The summed E-state index contributed by atoms with van der Waals surface area (Å²) in [5.41, 5.74) is 0.269. The quantitative estimate of drug-likeness (QED) is 0.731. The van der Waals surface area contributed by atoms with Crippen LogP contribution >= 0.6 is 0 Å². The van der Waals surface area contributed by atoms with Gasteiger partial charge >= 0.3 is 0 Å². The molecule has 2 heteroatoms. The van der Waals surface area contributed by atoms with Crippen LogP contribution in [0.15, 0.2) is 0 Å². The van der Waals surface area contributed by atoms with E-state index in [0.29, 0.717) is 6.04 Å². The van der Waals surface area contributed by atoms with E-state index in [1.165, 1.54) is 26.1 Å². The maximum atomic E-state index is 3.68. The Kier molecular flexibility index (Phi) is 3.96. The number of rotatable bonds is 2. The van der Waals surface area contributed by atoms with Crippen LogP contribution in [0.1, 0.15) is 41.0 Å². The SMILES string of the molecule is CC(C)CN1CCC(C)NC(C)(C)C1. The van der Waals surface area contributed by atoms with E-state index >= 15 is 0 Å². The molecule has 1 fully saturated rings. The van der Waals surface area contributed by atoms with Crippen LogP contribution in [0.5, 0.6) is 0 Å². The zero-order chi connectivity index (χ0) is 10.8. The molecule has 0 aromatic heterocycles. The summed E-state index contributed by atoms with van der Waals surface area (Å²) < 4.78 is 0. The number of hydrogen-bond donors (Lipinski definition) is 1. The largest absolute Gasteiger partial charge is 0.308 e. The minimum absolute atomic E-state index is 0.269. The average molecular weight is 198 g/mol. The van der Waals surface area contributed by atoms with Crippen LogP contribution in [0.25, 0.3) is 0 Å². The molecule has 1 rings (SSSR count). The maximum Gasteiger partial charge on any atom is 0.0254 e. The van der Waals surface area contributed by atoms with E-state index in [4.69, 9.17) is 0 Å². The first kappa shape index (κ1) is 12.0. The van der Waals surface area contributed by atoms with Crippen molar-refractivity contribution in [2.24, 2.45) is 5.92 Å². The second kappa shape index (κ2) is 4.63. The van der Waals surface area contributed by atoms with Gasteiger partial charge in [0.1, 0.15) is 0 Å². The predicted molar refractivity (Wildman–Crippen MR) is 62.6 cm³/mol. The molecule has 1 saturated heterocycles. The lowest BCUT2D eigenvalue weighted by molar-refractivity contribution is 0.209. The molecule has 0 amide bonds. The summed E-state index contributed by atoms with van der Waals surface area (Å²) in [5.74, 6) is 0.777. The van der Waals surface area contributed by atoms with Crippen molar-refractivity contribution in [2.45, 2.75) is 52.6 Å². The monoisotopic (exact) mass is 198 g/mol. The summed E-state index contributed by atoms with van der Waals surface area (Å²) >= 11 is 0. The van der Waals surface area contributed by atoms with Gasteiger partial charge in [0.15, 0.2) is 0 Å². The van der Waals surface area contributed by atoms with Crippen LogP contribution in [0, 0.1) is 5.92 Å². The van der Waals surface area contributed by atoms with E-state index in [1.807, 2.05) is 0 Å². The molecule has 1 atom stereocenters. The van der Waals surface area contributed by atoms with E-state index in [1.54, 1.807) is 0 Å². The molecule has 1 aliphatic heterocycles. The van der Waals surface area contributed by atoms with Crippen LogP contribution < -0.4 is 5.32 Å². The highest BCUT2D eigenvalue weighted by Gasteiger charge is 2.27. The second-order valence-electron chi connectivity index (χ2n) is 5.85. The Balaban J connectivity index is 2.53. The Labute approximate surface area is 89.1 Å². The minimum Gasteiger partial charge on any atom is -0.308 e. The minimum atomic E-state index is 0.269. The molecular weight excluding hydrogens is 172 g/mol. The van der Waals surface area contributed by atoms with Gasteiger partial charge in [-0.1, -0.05) is 13.8 Å². The first-order chi connectivity index (χ1) is 6.39. The van der Waals surface area contributed by atoms with Crippen molar-refractivity contribution in [2.75, 3.05) is 19.6 Å². The van der Waals surface area contributed by atoms with E-state index < -0.39 is 0 Å². The molecule has 2 nitrogen and oxygen atoms in total. The van der Waals surface area contributed by atoms with Gasteiger partial charge in [-0.05, 0) is 39.7 Å². The van der Waals surface area contributed by atoms with Crippen molar-refractivity contribution in [1.82, 2.24) is 10.2 Å². The highest BCUT2D eigenvalue weighted by Crippen LogP contribution is 2.15. The van der Waals surface area contributed by atoms with Gasteiger partial charge in [0.25, 0.3) is 0 Å². The maximum absolute atomic E-state index is 3.68. The van der Waals surface area contributed by atoms with E-state index in [2.05, 4.69) is 44.8 Å². The van der Waals surface area contributed by atoms with E-state index in [-0.39, 0.29) is 5.54 Å². The van der Waals surface area contributed by atoms with Crippen molar-refractivity contribution >= 4 is 0 Å². The second-order valence-corrected chi connectivity index (χ2v) is 5.85. The summed E-state index contributed by atoms with van der Waals surface area (Å²) in [7, 11) is 0. The Morgan fingerprint density at radius 3 is 2.64 bits per heavy atom. The fraction of sp³-hybridized carbons (Fsp3) is 1.00. The smallest absolute Gasteiger partial charge is 0.0254 e.